The van der Waals surface area contributed by atoms with E-state index in [0.717, 1.165) is 0 Å². The fourth-order valence-corrected chi connectivity index (χ4v) is 5.05. The van der Waals surface area contributed by atoms with Crippen molar-refractivity contribution in [3.63, 3.8) is 0 Å². The van der Waals surface area contributed by atoms with Crippen LogP contribution in [0, 0.1) is 16.7 Å². The lowest BCUT2D eigenvalue weighted by Gasteiger charge is -2.59. The van der Waals surface area contributed by atoms with Crippen LogP contribution < -0.4 is 0 Å². The van der Waals surface area contributed by atoms with Gasteiger partial charge in [-0.1, -0.05) is 20.8 Å². The minimum absolute atomic E-state index is 0.0191. The zero-order valence-electron chi connectivity index (χ0n) is 12.1. The summed E-state index contributed by atoms with van der Waals surface area (Å²) in [4.78, 5) is 12.1. The van der Waals surface area contributed by atoms with Crippen LogP contribution in [-0.4, -0.2) is 45.7 Å². The van der Waals surface area contributed by atoms with E-state index in [4.69, 9.17) is 4.74 Å². The first-order valence-corrected chi connectivity index (χ1v) is 7.10. The molecule has 112 valence electrons. The summed E-state index contributed by atoms with van der Waals surface area (Å²) in [5.41, 5.74) is -2.61. The molecule has 0 bridgehead atoms. The van der Waals surface area contributed by atoms with Crippen molar-refractivity contribution in [2.24, 2.45) is 16.7 Å². The topological polar surface area (TPSA) is 87.0 Å². The van der Waals surface area contributed by atoms with Crippen molar-refractivity contribution in [3.05, 3.63) is 11.6 Å². The highest BCUT2D eigenvalue weighted by atomic mass is 16.6. The van der Waals surface area contributed by atoms with Gasteiger partial charge in [0.1, 0.15) is 6.61 Å². The lowest BCUT2D eigenvalue weighted by molar-refractivity contribution is -0.201. The number of carbonyl (C=O) groups is 1. The standard InChI is InChI=1S/C15H22O5/c1-13(2)5-9(16)6-14(3)11(13)10(17)4-8-7-20-12(18)15(8,14)19/h4,9-11,16-17,19H,5-7H2,1-3H3/t9-,10+,11-,14-,15-/m0/s1. The Kier molecular flexibility index (Phi) is 2.70. The Morgan fingerprint density at radius 3 is 2.55 bits per heavy atom. The van der Waals surface area contributed by atoms with Crippen LogP contribution in [0.25, 0.3) is 0 Å². The Hall–Kier alpha value is -0.910. The lowest BCUT2D eigenvalue weighted by Crippen LogP contribution is -2.66. The van der Waals surface area contributed by atoms with Gasteiger partial charge in [-0.15, -0.1) is 0 Å². The van der Waals surface area contributed by atoms with E-state index in [-0.39, 0.29) is 24.4 Å². The normalized spacial score (nSPS) is 50.0. The fourth-order valence-electron chi connectivity index (χ4n) is 5.05. The third-order valence-electron chi connectivity index (χ3n) is 5.61. The van der Waals surface area contributed by atoms with E-state index >= 15 is 0 Å². The summed E-state index contributed by atoms with van der Waals surface area (Å²) < 4.78 is 5.02. The van der Waals surface area contributed by atoms with Gasteiger partial charge in [-0.3, -0.25) is 0 Å². The van der Waals surface area contributed by atoms with E-state index in [1.54, 1.807) is 13.0 Å². The molecule has 0 radical (unpaired) electrons. The molecule has 0 amide bonds. The highest BCUT2D eigenvalue weighted by Crippen LogP contribution is 2.62. The predicted octanol–water partition coefficient (Wildman–Crippen LogP) is 0.379. The molecule has 0 aromatic carbocycles. The molecule has 0 aromatic rings. The molecule has 1 saturated heterocycles. The molecule has 2 fully saturated rings. The maximum Gasteiger partial charge on any atom is 0.343 e. The number of hydrogen-bond donors (Lipinski definition) is 3. The van der Waals surface area contributed by atoms with E-state index in [1.807, 2.05) is 13.8 Å². The van der Waals surface area contributed by atoms with Gasteiger partial charge in [0, 0.05) is 16.9 Å². The Bertz CT molecular complexity index is 496. The number of fused-ring (bicyclic) bond motifs is 3. The van der Waals surface area contributed by atoms with Crippen molar-refractivity contribution >= 4 is 5.97 Å². The van der Waals surface area contributed by atoms with Gasteiger partial charge < -0.3 is 20.1 Å². The molecule has 3 rings (SSSR count). The number of aliphatic hydroxyl groups excluding tert-OH is 2. The van der Waals surface area contributed by atoms with Gasteiger partial charge >= 0.3 is 5.97 Å². The molecule has 5 atom stereocenters. The van der Waals surface area contributed by atoms with Gasteiger partial charge in [0.05, 0.1) is 12.2 Å². The maximum atomic E-state index is 12.1. The quantitative estimate of drug-likeness (QED) is 0.441. The molecular formula is C15H22O5. The van der Waals surface area contributed by atoms with Crippen LogP contribution in [-0.2, 0) is 9.53 Å². The van der Waals surface area contributed by atoms with Crippen LogP contribution in [0.5, 0.6) is 0 Å². The SMILES string of the molecule is CC1(C)C[C@H](O)C[C@@]2(C)[C@H]1[C@H](O)C=C1COC(=O)[C@@]12O. The van der Waals surface area contributed by atoms with Crippen molar-refractivity contribution in [1.82, 2.24) is 0 Å². The Morgan fingerprint density at radius 2 is 1.90 bits per heavy atom. The second-order valence-corrected chi connectivity index (χ2v) is 7.41. The molecule has 20 heavy (non-hydrogen) atoms. The summed E-state index contributed by atoms with van der Waals surface area (Å²) >= 11 is 0. The van der Waals surface area contributed by atoms with E-state index in [1.165, 1.54) is 0 Å². The summed E-state index contributed by atoms with van der Waals surface area (Å²) in [6.07, 6.45) is 1.04. The summed E-state index contributed by atoms with van der Waals surface area (Å²) in [5.74, 6) is -0.967. The average molecular weight is 282 g/mol. The third kappa shape index (κ3) is 1.46. The molecule has 1 heterocycles. The maximum absolute atomic E-state index is 12.1. The van der Waals surface area contributed by atoms with E-state index in [9.17, 15) is 20.1 Å². The van der Waals surface area contributed by atoms with Crippen LogP contribution in [0.1, 0.15) is 33.6 Å². The van der Waals surface area contributed by atoms with Crippen LogP contribution in [0.2, 0.25) is 0 Å². The van der Waals surface area contributed by atoms with Crippen molar-refractivity contribution in [3.8, 4) is 0 Å². The highest BCUT2D eigenvalue weighted by Gasteiger charge is 2.69. The molecular weight excluding hydrogens is 260 g/mol. The average Bonchev–Trinajstić information content (AvgIpc) is 2.55. The van der Waals surface area contributed by atoms with Crippen LogP contribution in [0.15, 0.2) is 11.6 Å². The van der Waals surface area contributed by atoms with Crippen molar-refractivity contribution in [2.45, 2.75) is 51.4 Å². The zero-order chi connectivity index (χ0) is 14.9. The van der Waals surface area contributed by atoms with Gasteiger partial charge in [-0.2, -0.15) is 0 Å². The molecule has 0 spiro atoms. The van der Waals surface area contributed by atoms with Crippen molar-refractivity contribution < 1.29 is 24.9 Å². The molecule has 5 heteroatoms. The monoisotopic (exact) mass is 282 g/mol. The summed E-state index contributed by atoms with van der Waals surface area (Å²) in [6.45, 7) is 5.73. The zero-order valence-corrected chi connectivity index (χ0v) is 12.1. The van der Waals surface area contributed by atoms with E-state index < -0.39 is 29.2 Å². The predicted molar refractivity (Wildman–Crippen MR) is 70.6 cm³/mol. The molecule has 2 aliphatic carbocycles. The summed E-state index contributed by atoms with van der Waals surface area (Å²) in [7, 11) is 0. The smallest absolute Gasteiger partial charge is 0.343 e. The lowest BCUT2D eigenvalue weighted by atomic mass is 9.46. The number of hydrogen-bond acceptors (Lipinski definition) is 5. The number of carbonyl (C=O) groups excluding carboxylic acids is 1. The molecule has 0 aromatic heterocycles. The Balaban J connectivity index is 2.21. The van der Waals surface area contributed by atoms with Gasteiger partial charge in [0.15, 0.2) is 5.60 Å². The number of ether oxygens (including phenoxy) is 1. The van der Waals surface area contributed by atoms with Crippen molar-refractivity contribution in [2.75, 3.05) is 6.61 Å². The molecule has 3 N–H and O–H groups in total. The number of aliphatic hydroxyl groups is 3. The van der Waals surface area contributed by atoms with Crippen LogP contribution >= 0.6 is 0 Å². The van der Waals surface area contributed by atoms with Crippen molar-refractivity contribution in [1.29, 1.82) is 0 Å². The summed E-state index contributed by atoms with van der Waals surface area (Å²) in [5, 5.41) is 31.7. The fraction of sp³-hybridized carbons (Fsp3) is 0.800. The van der Waals surface area contributed by atoms with E-state index in [2.05, 4.69) is 0 Å². The Morgan fingerprint density at radius 1 is 1.25 bits per heavy atom. The largest absolute Gasteiger partial charge is 0.459 e. The van der Waals surface area contributed by atoms with Gasteiger partial charge in [0.25, 0.3) is 0 Å². The first-order valence-electron chi connectivity index (χ1n) is 7.10. The second kappa shape index (κ2) is 3.84. The third-order valence-corrected chi connectivity index (χ3v) is 5.61. The van der Waals surface area contributed by atoms with Gasteiger partial charge in [-0.05, 0) is 24.3 Å². The first kappa shape index (κ1) is 14.0. The molecule has 5 nitrogen and oxygen atoms in total. The molecule has 1 aliphatic heterocycles. The molecule has 0 unspecified atom stereocenters. The minimum atomic E-state index is -1.73. The molecule has 1 saturated carbocycles. The van der Waals surface area contributed by atoms with Crippen LogP contribution in [0.4, 0.5) is 0 Å². The minimum Gasteiger partial charge on any atom is -0.459 e. The molecule has 3 aliphatic rings. The van der Waals surface area contributed by atoms with Gasteiger partial charge in [-0.25, -0.2) is 4.79 Å². The first-order chi connectivity index (χ1) is 9.13. The second-order valence-electron chi connectivity index (χ2n) is 7.41. The summed E-state index contributed by atoms with van der Waals surface area (Å²) in [6, 6.07) is 0. The Labute approximate surface area is 118 Å². The number of rotatable bonds is 0. The number of esters is 1. The van der Waals surface area contributed by atoms with Crippen LogP contribution in [0.3, 0.4) is 0 Å². The van der Waals surface area contributed by atoms with E-state index in [0.29, 0.717) is 12.0 Å². The number of cyclic esters (lactones) is 1. The highest BCUT2D eigenvalue weighted by molar-refractivity contribution is 5.88. The van der Waals surface area contributed by atoms with Gasteiger partial charge in [0.2, 0.25) is 0 Å².